The summed E-state index contributed by atoms with van der Waals surface area (Å²) in [4.78, 5) is 4.71. The third-order valence-corrected chi connectivity index (χ3v) is 1.93. The average molecular weight is 289 g/mol. The third kappa shape index (κ3) is 7.23. The summed E-state index contributed by atoms with van der Waals surface area (Å²) in [6.45, 7) is 1.30. The lowest BCUT2D eigenvalue weighted by molar-refractivity contribution is -0.180. The quantitative estimate of drug-likeness (QED) is 0.303. The molecule has 1 unspecified atom stereocenters. The highest BCUT2D eigenvalue weighted by molar-refractivity contribution is 14.1. The Morgan fingerprint density at radius 1 is 1.42 bits per heavy atom. The SMILES string of the molecule is NCCCCC(CO)COOI. The minimum absolute atomic E-state index is 0.143. The monoisotopic (exact) mass is 289 g/mol. The summed E-state index contributed by atoms with van der Waals surface area (Å²) in [7, 11) is 0. The first kappa shape index (κ1) is 12.6. The van der Waals surface area contributed by atoms with Crippen LogP contribution in [0.2, 0.25) is 0 Å². The minimum Gasteiger partial charge on any atom is -0.396 e. The van der Waals surface area contributed by atoms with Gasteiger partial charge in [0.25, 0.3) is 0 Å². The van der Waals surface area contributed by atoms with Crippen LogP contribution >= 0.6 is 23.0 Å². The highest BCUT2D eigenvalue weighted by Crippen LogP contribution is 2.08. The predicted molar refractivity (Wildman–Crippen MR) is 54.5 cm³/mol. The van der Waals surface area contributed by atoms with E-state index in [0.717, 1.165) is 19.3 Å². The first-order chi connectivity index (χ1) is 5.85. The fraction of sp³-hybridized carbons (Fsp3) is 1.00. The summed E-state index contributed by atoms with van der Waals surface area (Å²) < 4.78 is 4.41. The molecule has 0 fully saturated rings. The Morgan fingerprint density at radius 2 is 2.17 bits per heavy atom. The van der Waals surface area contributed by atoms with Crippen LogP contribution in [0.15, 0.2) is 0 Å². The maximum absolute atomic E-state index is 8.88. The molecule has 1 atom stereocenters. The van der Waals surface area contributed by atoms with Crippen LogP contribution in [0.25, 0.3) is 0 Å². The molecule has 0 spiro atoms. The molecule has 0 rings (SSSR count). The number of hydrogen-bond donors (Lipinski definition) is 2. The van der Waals surface area contributed by atoms with Crippen LogP contribution in [0.5, 0.6) is 0 Å². The summed E-state index contributed by atoms with van der Waals surface area (Å²) in [5, 5.41) is 8.88. The first-order valence-electron chi connectivity index (χ1n) is 4.06. The van der Waals surface area contributed by atoms with Gasteiger partial charge in [0, 0.05) is 12.5 Å². The van der Waals surface area contributed by atoms with Gasteiger partial charge in [-0.15, -0.1) is 0 Å². The highest BCUT2D eigenvalue weighted by atomic mass is 127. The minimum atomic E-state index is 0.143. The van der Waals surface area contributed by atoms with E-state index in [1.165, 1.54) is 0 Å². The van der Waals surface area contributed by atoms with Gasteiger partial charge in [0.15, 0.2) is 23.0 Å². The average Bonchev–Trinajstić information content (AvgIpc) is 2.11. The van der Waals surface area contributed by atoms with Crippen LogP contribution < -0.4 is 5.73 Å². The molecule has 74 valence electrons. The normalized spacial score (nSPS) is 13.2. The lowest BCUT2D eigenvalue weighted by atomic mass is 10.0. The summed E-state index contributed by atoms with van der Waals surface area (Å²) in [5.41, 5.74) is 5.34. The number of nitrogens with two attached hydrogens (primary N) is 1. The topological polar surface area (TPSA) is 64.7 Å². The number of rotatable bonds is 8. The van der Waals surface area contributed by atoms with Crippen molar-refractivity contribution in [3.63, 3.8) is 0 Å². The van der Waals surface area contributed by atoms with Crippen molar-refractivity contribution in [2.24, 2.45) is 11.7 Å². The molecular weight excluding hydrogens is 273 g/mol. The molecule has 3 N–H and O–H groups in total. The van der Waals surface area contributed by atoms with Gasteiger partial charge >= 0.3 is 0 Å². The summed E-state index contributed by atoms with van der Waals surface area (Å²) >= 11 is 1.66. The van der Waals surface area contributed by atoms with Crippen molar-refractivity contribution in [1.82, 2.24) is 0 Å². The van der Waals surface area contributed by atoms with Crippen molar-refractivity contribution in [2.45, 2.75) is 19.3 Å². The zero-order valence-electron chi connectivity index (χ0n) is 7.04. The molecule has 12 heavy (non-hydrogen) atoms. The van der Waals surface area contributed by atoms with E-state index in [2.05, 4.69) is 3.22 Å². The van der Waals surface area contributed by atoms with Gasteiger partial charge in [-0.05, 0) is 19.4 Å². The van der Waals surface area contributed by atoms with Gasteiger partial charge in [-0.3, -0.25) is 0 Å². The van der Waals surface area contributed by atoms with Crippen molar-refractivity contribution in [2.75, 3.05) is 19.8 Å². The van der Waals surface area contributed by atoms with E-state index in [1.807, 2.05) is 0 Å². The molecule has 0 heterocycles. The molecule has 0 aromatic rings. The Labute approximate surface area is 87.0 Å². The summed E-state index contributed by atoms with van der Waals surface area (Å²) in [6.07, 6.45) is 2.97. The highest BCUT2D eigenvalue weighted by Gasteiger charge is 2.07. The zero-order chi connectivity index (χ0) is 9.23. The van der Waals surface area contributed by atoms with E-state index >= 15 is 0 Å². The second kappa shape index (κ2) is 9.66. The zero-order valence-corrected chi connectivity index (χ0v) is 9.20. The second-order valence-corrected chi connectivity index (χ2v) is 3.04. The van der Waals surface area contributed by atoms with Crippen molar-refractivity contribution < 1.29 is 13.2 Å². The molecule has 0 saturated heterocycles. The van der Waals surface area contributed by atoms with E-state index in [0.29, 0.717) is 13.2 Å². The van der Waals surface area contributed by atoms with Crippen LogP contribution in [0, 0.1) is 5.92 Å². The molecule has 0 amide bonds. The summed E-state index contributed by atoms with van der Waals surface area (Å²) in [6, 6.07) is 0. The number of hydrogen-bond acceptors (Lipinski definition) is 4. The van der Waals surface area contributed by atoms with Gasteiger partial charge in [0.1, 0.15) is 0 Å². The van der Waals surface area contributed by atoms with Crippen molar-refractivity contribution in [3.8, 4) is 0 Å². The maximum Gasteiger partial charge on any atom is 0.155 e. The molecule has 0 saturated carbocycles. The van der Waals surface area contributed by atoms with Crippen molar-refractivity contribution in [3.05, 3.63) is 0 Å². The van der Waals surface area contributed by atoms with Gasteiger partial charge in [0.2, 0.25) is 0 Å². The molecule has 0 aliphatic rings. The lowest BCUT2D eigenvalue weighted by Crippen LogP contribution is -2.13. The molecular formula is C7H16INO3. The first-order valence-corrected chi connectivity index (χ1v) is 4.94. The van der Waals surface area contributed by atoms with E-state index < -0.39 is 0 Å². The van der Waals surface area contributed by atoms with Gasteiger partial charge in [0.05, 0.1) is 6.61 Å². The maximum atomic E-state index is 8.88. The van der Waals surface area contributed by atoms with E-state index in [-0.39, 0.29) is 12.5 Å². The fourth-order valence-electron chi connectivity index (χ4n) is 0.927. The Bertz CT molecular complexity index is 94.7. The van der Waals surface area contributed by atoms with Crippen LogP contribution in [-0.4, -0.2) is 24.9 Å². The molecule has 5 heteroatoms. The molecule has 0 radical (unpaired) electrons. The van der Waals surface area contributed by atoms with E-state index in [4.69, 9.17) is 15.7 Å². The fourth-order valence-corrected chi connectivity index (χ4v) is 1.07. The standard InChI is InChI=1S/C7H16INO3/c8-12-11-6-7(5-10)3-1-2-4-9/h7,10H,1-6,9H2. The summed E-state index contributed by atoms with van der Waals surface area (Å²) in [5.74, 6) is 0.173. The van der Waals surface area contributed by atoms with Gasteiger partial charge in [-0.1, -0.05) is 6.42 Å². The predicted octanol–water partition coefficient (Wildman–Crippen LogP) is 1.02. The second-order valence-electron chi connectivity index (χ2n) is 2.68. The Kier molecular flexibility index (Phi) is 10.1. The number of unbranched alkanes of at least 4 members (excludes halogenated alkanes) is 1. The Balaban J connectivity index is 3.26. The molecule has 0 aliphatic heterocycles. The molecule has 0 aliphatic carbocycles. The molecule has 4 nitrogen and oxygen atoms in total. The smallest absolute Gasteiger partial charge is 0.155 e. The van der Waals surface area contributed by atoms with Gasteiger partial charge in [-0.2, -0.15) is 3.22 Å². The Morgan fingerprint density at radius 3 is 2.67 bits per heavy atom. The van der Waals surface area contributed by atoms with Crippen LogP contribution in [0.4, 0.5) is 0 Å². The number of aliphatic hydroxyl groups is 1. The van der Waals surface area contributed by atoms with Crippen LogP contribution in [-0.2, 0) is 8.10 Å². The van der Waals surface area contributed by atoms with Crippen LogP contribution in [0.3, 0.4) is 0 Å². The van der Waals surface area contributed by atoms with Gasteiger partial charge in [-0.25, -0.2) is 4.89 Å². The molecule has 0 bridgehead atoms. The largest absolute Gasteiger partial charge is 0.396 e. The number of halogens is 1. The lowest BCUT2D eigenvalue weighted by Gasteiger charge is -2.11. The molecule has 0 aromatic heterocycles. The van der Waals surface area contributed by atoms with Crippen LogP contribution in [0.1, 0.15) is 19.3 Å². The van der Waals surface area contributed by atoms with E-state index in [9.17, 15) is 0 Å². The van der Waals surface area contributed by atoms with Crippen molar-refractivity contribution in [1.29, 1.82) is 0 Å². The third-order valence-electron chi connectivity index (χ3n) is 1.67. The number of aliphatic hydroxyl groups excluding tert-OH is 1. The van der Waals surface area contributed by atoms with Gasteiger partial charge < -0.3 is 10.8 Å². The Hall–Kier alpha value is 0.570. The molecule has 0 aromatic carbocycles. The van der Waals surface area contributed by atoms with Crippen molar-refractivity contribution >= 4 is 23.0 Å². The van der Waals surface area contributed by atoms with E-state index in [1.54, 1.807) is 23.0 Å².